The minimum Gasteiger partial charge on any atom is -0.481 e. The maximum atomic E-state index is 13.8. The van der Waals surface area contributed by atoms with Crippen LogP contribution in [0, 0.1) is 5.82 Å². The zero-order valence-corrected chi connectivity index (χ0v) is 18.7. The number of fused-ring (bicyclic) bond motifs is 1. The Hall–Kier alpha value is -4.13. The van der Waals surface area contributed by atoms with Gasteiger partial charge in [-0.3, -0.25) is 4.79 Å². The van der Waals surface area contributed by atoms with Crippen molar-refractivity contribution in [2.75, 3.05) is 47.9 Å². The van der Waals surface area contributed by atoms with Gasteiger partial charge in [-0.15, -0.1) is 0 Å². The number of amides is 1. The molecule has 1 amide bonds. The molecule has 0 radical (unpaired) electrons. The van der Waals surface area contributed by atoms with Crippen molar-refractivity contribution in [2.45, 2.75) is 0 Å². The van der Waals surface area contributed by atoms with Crippen LogP contribution in [-0.2, 0) is 4.79 Å². The number of para-hydroxylation sites is 3. The van der Waals surface area contributed by atoms with E-state index in [2.05, 4.69) is 39.4 Å². The van der Waals surface area contributed by atoms with Crippen LogP contribution in [0.3, 0.4) is 0 Å². The molecule has 1 saturated heterocycles. The Kier molecular flexibility index (Phi) is 6.25. The summed E-state index contributed by atoms with van der Waals surface area (Å²) < 4.78 is 19.6. The largest absolute Gasteiger partial charge is 0.481 e. The van der Waals surface area contributed by atoms with Gasteiger partial charge in [0.25, 0.3) is 5.91 Å². The summed E-state index contributed by atoms with van der Waals surface area (Å²) in [7, 11) is 0. The van der Waals surface area contributed by atoms with Gasteiger partial charge in [-0.1, -0.05) is 42.5 Å². The van der Waals surface area contributed by atoms with Gasteiger partial charge >= 0.3 is 0 Å². The third kappa shape index (κ3) is 4.78. The quantitative estimate of drug-likeness (QED) is 0.455. The number of carbonyl (C=O) groups is 1. The molecule has 0 spiro atoms. The van der Waals surface area contributed by atoms with Gasteiger partial charge in [-0.2, -0.15) is 0 Å². The van der Waals surface area contributed by atoms with E-state index in [0.29, 0.717) is 11.3 Å². The van der Waals surface area contributed by atoms with Crippen molar-refractivity contribution in [1.29, 1.82) is 0 Å². The Morgan fingerprint density at radius 2 is 1.59 bits per heavy atom. The van der Waals surface area contributed by atoms with Gasteiger partial charge in [0.05, 0.1) is 5.69 Å². The van der Waals surface area contributed by atoms with Crippen molar-refractivity contribution in [3.8, 4) is 5.75 Å². The van der Waals surface area contributed by atoms with E-state index in [4.69, 9.17) is 9.72 Å². The van der Waals surface area contributed by atoms with Crippen molar-refractivity contribution >= 4 is 34.0 Å². The second-order valence-electron chi connectivity index (χ2n) is 8.12. The lowest BCUT2D eigenvalue weighted by Gasteiger charge is -2.36. The van der Waals surface area contributed by atoms with Crippen LogP contribution in [0.15, 0.2) is 84.9 Å². The van der Waals surface area contributed by atoms with E-state index < -0.39 is 11.7 Å². The molecule has 34 heavy (non-hydrogen) atoms. The third-order valence-electron chi connectivity index (χ3n) is 5.90. The van der Waals surface area contributed by atoms with Crippen molar-refractivity contribution in [1.82, 2.24) is 4.98 Å². The molecule has 0 aliphatic carbocycles. The van der Waals surface area contributed by atoms with Crippen LogP contribution in [0.1, 0.15) is 0 Å². The lowest BCUT2D eigenvalue weighted by atomic mass is 10.2. The molecule has 0 saturated carbocycles. The number of piperazine rings is 1. The number of nitrogens with zero attached hydrogens (tertiary/aromatic N) is 3. The van der Waals surface area contributed by atoms with Gasteiger partial charge in [-0.25, -0.2) is 9.37 Å². The number of halogens is 1. The van der Waals surface area contributed by atoms with E-state index in [1.54, 1.807) is 18.2 Å². The highest BCUT2D eigenvalue weighted by Gasteiger charge is 2.19. The summed E-state index contributed by atoms with van der Waals surface area (Å²) in [5, 5.41) is 3.47. The Balaban J connectivity index is 1.27. The summed E-state index contributed by atoms with van der Waals surface area (Å²) in [6.45, 7) is 3.31. The molecule has 4 aromatic rings. The summed E-state index contributed by atoms with van der Waals surface area (Å²) in [6, 6.07) is 26.1. The van der Waals surface area contributed by atoms with Crippen LogP contribution in [0.25, 0.3) is 10.9 Å². The predicted octanol–water partition coefficient (Wildman–Crippen LogP) is 4.72. The number of hydrogen-bond donors (Lipinski definition) is 1. The molecule has 0 bridgehead atoms. The Bertz CT molecular complexity index is 1290. The van der Waals surface area contributed by atoms with Gasteiger partial charge in [0, 0.05) is 37.3 Å². The number of ether oxygens (including phenoxy) is 1. The first kappa shape index (κ1) is 21.7. The molecular weight excluding hydrogens is 431 g/mol. The highest BCUT2D eigenvalue weighted by Crippen LogP contribution is 2.27. The second kappa shape index (κ2) is 9.79. The average molecular weight is 457 g/mol. The fourth-order valence-electron chi connectivity index (χ4n) is 4.13. The smallest absolute Gasteiger partial charge is 0.262 e. The molecule has 1 fully saturated rings. The first-order valence-electron chi connectivity index (χ1n) is 11.3. The van der Waals surface area contributed by atoms with E-state index in [1.165, 1.54) is 17.8 Å². The first-order valence-corrected chi connectivity index (χ1v) is 11.3. The zero-order chi connectivity index (χ0) is 23.3. The number of benzene rings is 3. The van der Waals surface area contributed by atoms with Gasteiger partial charge in [0.15, 0.2) is 6.61 Å². The number of aromatic nitrogens is 1. The molecule has 1 N–H and O–H groups in total. The summed E-state index contributed by atoms with van der Waals surface area (Å²) in [5.74, 6) is 0.480. The van der Waals surface area contributed by atoms with E-state index in [9.17, 15) is 9.18 Å². The van der Waals surface area contributed by atoms with Crippen LogP contribution < -0.4 is 19.9 Å². The molecule has 5 rings (SSSR count). The molecule has 2 heterocycles. The number of anilines is 3. The zero-order valence-electron chi connectivity index (χ0n) is 18.7. The molecule has 172 valence electrons. The Morgan fingerprint density at radius 1 is 0.853 bits per heavy atom. The minimum absolute atomic E-state index is 0.129. The predicted molar refractivity (Wildman–Crippen MR) is 133 cm³/mol. The molecule has 1 aliphatic heterocycles. The van der Waals surface area contributed by atoms with Crippen LogP contribution in [0.5, 0.6) is 5.75 Å². The van der Waals surface area contributed by atoms with E-state index >= 15 is 0 Å². The van der Waals surface area contributed by atoms with Crippen LogP contribution in [0.2, 0.25) is 0 Å². The Morgan fingerprint density at radius 3 is 2.38 bits per heavy atom. The average Bonchev–Trinajstić information content (AvgIpc) is 2.89. The minimum atomic E-state index is -0.486. The van der Waals surface area contributed by atoms with Gasteiger partial charge < -0.3 is 19.9 Å². The maximum absolute atomic E-state index is 13.8. The molecule has 3 aromatic carbocycles. The van der Waals surface area contributed by atoms with Crippen molar-refractivity contribution in [3.05, 3.63) is 90.7 Å². The van der Waals surface area contributed by atoms with E-state index in [-0.39, 0.29) is 12.3 Å². The van der Waals surface area contributed by atoms with Crippen LogP contribution in [0.4, 0.5) is 21.6 Å². The molecule has 0 atom stereocenters. The monoisotopic (exact) mass is 456 g/mol. The number of hydrogen-bond acceptors (Lipinski definition) is 5. The lowest BCUT2D eigenvalue weighted by Crippen LogP contribution is -2.46. The third-order valence-corrected chi connectivity index (χ3v) is 5.90. The maximum Gasteiger partial charge on any atom is 0.262 e. The van der Waals surface area contributed by atoms with E-state index in [0.717, 1.165) is 37.4 Å². The summed E-state index contributed by atoms with van der Waals surface area (Å²) in [5.41, 5.74) is 2.06. The SMILES string of the molecule is O=C(COc1cccc2ccc(N3CCN(c4ccccc4)CC3)nc12)Nc1ccccc1F. The molecule has 6 nitrogen and oxygen atoms in total. The molecule has 1 aromatic heterocycles. The number of nitrogens with one attached hydrogen (secondary N) is 1. The van der Waals surface area contributed by atoms with Crippen molar-refractivity contribution in [2.24, 2.45) is 0 Å². The summed E-state index contributed by atoms with van der Waals surface area (Å²) in [4.78, 5) is 21.8. The van der Waals surface area contributed by atoms with Crippen molar-refractivity contribution < 1.29 is 13.9 Å². The van der Waals surface area contributed by atoms with E-state index in [1.807, 2.05) is 30.3 Å². The fraction of sp³-hybridized carbons (Fsp3) is 0.185. The summed E-state index contributed by atoms with van der Waals surface area (Å²) in [6.07, 6.45) is 0. The van der Waals surface area contributed by atoms with Gasteiger partial charge in [0.2, 0.25) is 0 Å². The Labute approximate surface area is 197 Å². The molecule has 7 heteroatoms. The first-order chi connectivity index (χ1) is 16.7. The standard InChI is InChI=1S/C27H25FN4O2/c28-22-10-4-5-11-23(22)29-26(33)19-34-24-12-6-7-20-13-14-25(30-27(20)24)32-17-15-31(16-18-32)21-8-2-1-3-9-21/h1-14H,15-19H2,(H,29,33). The highest BCUT2D eigenvalue weighted by atomic mass is 19.1. The van der Waals surface area contributed by atoms with Gasteiger partial charge in [-0.05, 0) is 42.5 Å². The fourth-order valence-corrected chi connectivity index (χ4v) is 4.13. The number of rotatable bonds is 6. The normalized spacial score (nSPS) is 13.7. The van der Waals surface area contributed by atoms with Crippen LogP contribution in [-0.4, -0.2) is 43.7 Å². The van der Waals surface area contributed by atoms with Gasteiger partial charge in [0.1, 0.15) is 22.9 Å². The molecule has 1 aliphatic rings. The lowest BCUT2D eigenvalue weighted by molar-refractivity contribution is -0.118. The van der Waals surface area contributed by atoms with Crippen LogP contribution >= 0.6 is 0 Å². The van der Waals surface area contributed by atoms with Crippen molar-refractivity contribution in [3.63, 3.8) is 0 Å². The highest BCUT2D eigenvalue weighted by molar-refractivity contribution is 5.92. The second-order valence-corrected chi connectivity index (χ2v) is 8.12. The summed E-state index contributed by atoms with van der Waals surface area (Å²) >= 11 is 0. The molecule has 0 unspecified atom stereocenters. The topological polar surface area (TPSA) is 57.7 Å². The molecular formula is C27H25FN4O2. The number of carbonyl (C=O) groups excluding carboxylic acids is 1. The number of pyridine rings is 1.